The highest BCUT2D eigenvalue weighted by Gasteiger charge is 2.32. The largest absolute Gasteiger partial charge is 0.375 e. The van der Waals surface area contributed by atoms with Crippen LogP contribution < -0.4 is 16.4 Å². The predicted octanol–water partition coefficient (Wildman–Crippen LogP) is 1.96. The molecule has 2 rings (SSSR count). The lowest BCUT2D eigenvalue weighted by atomic mass is 9.83. The number of nitrogen functional groups attached to an aromatic ring is 1. The van der Waals surface area contributed by atoms with E-state index in [4.69, 9.17) is 5.73 Å². The minimum atomic E-state index is -0.283. The monoisotopic (exact) mass is 438 g/mol. The molecule has 0 bridgehead atoms. The minimum Gasteiger partial charge on any atom is -0.375 e. The molecule has 4 N–H and O–H groups in total. The number of likely N-dealkylation sites (N-methyl/N-ethyl adjacent to an activating group) is 1. The molecule has 1 aromatic heterocycles. The number of unbranched alkanes of at least 4 members (excludes halogenated alkanes) is 1. The SMILES string of the molecule is CCCCN(C(=O)NCCN(C)C)C(=O)C(CNC)CC1CCc2sc(N)nc2C1. The number of nitrogens with one attached hydrogen (secondary N) is 2. The molecule has 30 heavy (non-hydrogen) atoms. The first kappa shape index (κ1) is 24.6. The third-order valence-corrected chi connectivity index (χ3v) is 6.54. The van der Waals surface area contributed by atoms with Crippen LogP contribution in [0.3, 0.4) is 0 Å². The Hall–Kier alpha value is -1.71. The maximum Gasteiger partial charge on any atom is 0.324 e. The molecule has 0 aromatic carbocycles. The van der Waals surface area contributed by atoms with Crippen LogP contribution in [0.2, 0.25) is 0 Å². The van der Waals surface area contributed by atoms with Crippen molar-refractivity contribution in [2.75, 3.05) is 53.1 Å². The van der Waals surface area contributed by atoms with Crippen molar-refractivity contribution < 1.29 is 9.59 Å². The molecule has 170 valence electrons. The number of aryl methyl sites for hydroxylation is 1. The van der Waals surface area contributed by atoms with Crippen molar-refractivity contribution in [2.45, 2.75) is 45.4 Å². The second kappa shape index (κ2) is 12.2. The number of rotatable bonds is 11. The standard InChI is InChI=1S/C21H38N6O2S/c1-5-6-10-27(21(29)24-9-11-26(3)4)19(28)16(14-23-2)12-15-7-8-18-17(13-15)25-20(22)30-18/h15-16,23H,5-14H2,1-4H3,(H2,22,25)(H,24,29). The average Bonchev–Trinajstić information content (AvgIpc) is 3.06. The van der Waals surface area contributed by atoms with E-state index in [2.05, 4.69) is 22.5 Å². The Bertz CT molecular complexity index is 693. The first-order valence-corrected chi connectivity index (χ1v) is 11.8. The molecule has 1 aliphatic carbocycles. The minimum absolute atomic E-state index is 0.0799. The van der Waals surface area contributed by atoms with Crippen LogP contribution in [0.4, 0.5) is 9.93 Å². The van der Waals surface area contributed by atoms with E-state index in [0.717, 1.165) is 50.8 Å². The van der Waals surface area contributed by atoms with Crippen LogP contribution in [-0.2, 0) is 17.6 Å². The van der Waals surface area contributed by atoms with E-state index in [9.17, 15) is 9.59 Å². The van der Waals surface area contributed by atoms with E-state index >= 15 is 0 Å². The Morgan fingerprint density at radius 3 is 2.77 bits per heavy atom. The van der Waals surface area contributed by atoms with Gasteiger partial charge in [-0.3, -0.25) is 9.69 Å². The molecular weight excluding hydrogens is 400 g/mol. The highest BCUT2D eigenvalue weighted by Crippen LogP contribution is 2.34. The summed E-state index contributed by atoms with van der Waals surface area (Å²) >= 11 is 1.58. The van der Waals surface area contributed by atoms with Crippen molar-refractivity contribution in [1.82, 2.24) is 25.4 Å². The number of fused-ring (bicyclic) bond motifs is 1. The summed E-state index contributed by atoms with van der Waals surface area (Å²) in [6.07, 6.45) is 5.36. The first-order chi connectivity index (χ1) is 14.3. The molecule has 0 spiro atoms. The van der Waals surface area contributed by atoms with E-state index in [-0.39, 0.29) is 17.9 Å². The van der Waals surface area contributed by atoms with E-state index < -0.39 is 0 Å². The van der Waals surface area contributed by atoms with Crippen molar-refractivity contribution in [3.05, 3.63) is 10.6 Å². The highest BCUT2D eigenvalue weighted by atomic mass is 32.1. The van der Waals surface area contributed by atoms with Gasteiger partial charge in [-0.05, 0) is 59.2 Å². The molecule has 3 amide bonds. The molecule has 0 fully saturated rings. The summed E-state index contributed by atoms with van der Waals surface area (Å²) in [5.41, 5.74) is 6.96. The van der Waals surface area contributed by atoms with Crippen molar-refractivity contribution in [3.63, 3.8) is 0 Å². The molecule has 8 nitrogen and oxygen atoms in total. The molecule has 0 saturated carbocycles. The summed E-state index contributed by atoms with van der Waals surface area (Å²) in [4.78, 5) is 35.3. The number of nitrogens with two attached hydrogens (primary N) is 1. The van der Waals surface area contributed by atoms with Gasteiger partial charge in [0.15, 0.2) is 5.13 Å². The van der Waals surface area contributed by atoms with Crippen LogP contribution in [0.1, 0.15) is 43.2 Å². The number of aromatic nitrogens is 1. The average molecular weight is 439 g/mol. The molecule has 1 aliphatic rings. The van der Waals surface area contributed by atoms with Crippen LogP contribution in [0.25, 0.3) is 0 Å². The number of carbonyl (C=O) groups excluding carboxylic acids is 2. The Morgan fingerprint density at radius 1 is 1.33 bits per heavy atom. The molecule has 0 aliphatic heterocycles. The number of nitrogens with zero attached hydrogens (tertiary/aromatic N) is 3. The fourth-order valence-electron chi connectivity index (χ4n) is 3.92. The Balaban J connectivity index is 2.04. The molecule has 1 heterocycles. The lowest BCUT2D eigenvalue weighted by Gasteiger charge is -2.29. The topological polar surface area (TPSA) is 104 Å². The Labute approximate surface area is 184 Å². The number of imide groups is 1. The first-order valence-electron chi connectivity index (χ1n) is 11.0. The van der Waals surface area contributed by atoms with Crippen molar-refractivity contribution in [1.29, 1.82) is 0 Å². The Morgan fingerprint density at radius 2 is 2.10 bits per heavy atom. The normalized spacial score (nSPS) is 16.9. The van der Waals surface area contributed by atoms with E-state index in [1.165, 1.54) is 9.78 Å². The maximum absolute atomic E-state index is 13.4. The number of hydrogen-bond donors (Lipinski definition) is 3. The fourth-order valence-corrected chi connectivity index (χ4v) is 4.80. The summed E-state index contributed by atoms with van der Waals surface area (Å²) in [7, 11) is 5.77. The van der Waals surface area contributed by atoms with Gasteiger partial charge in [-0.2, -0.15) is 0 Å². The van der Waals surface area contributed by atoms with Gasteiger partial charge < -0.3 is 21.3 Å². The third kappa shape index (κ3) is 7.21. The number of anilines is 1. The zero-order chi connectivity index (χ0) is 22.1. The van der Waals surface area contributed by atoms with Gasteiger partial charge in [-0.15, -0.1) is 11.3 Å². The highest BCUT2D eigenvalue weighted by molar-refractivity contribution is 7.15. The quantitative estimate of drug-likeness (QED) is 0.488. The van der Waals surface area contributed by atoms with Crippen LogP contribution in [0, 0.1) is 11.8 Å². The van der Waals surface area contributed by atoms with Gasteiger partial charge >= 0.3 is 6.03 Å². The lowest BCUT2D eigenvalue weighted by Crippen LogP contribution is -2.49. The Kier molecular flexibility index (Phi) is 10.0. The van der Waals surface area contributed by atoms with Gasteiger partial charge in [0.1, 0.15) is 0 Å². The summed E-state index contributed by atoms with van der Waals surface area (Å²) in [5, 5.41) is 6.68. The number of hydrogen-bond acceptors (Lipinski definition) is 7. The second-order valence-corrected chi connectivity index (χ2v) is 9.51. The van der Waals surface area contributed by atoms with Crippen LogP contribution >= 0.6 is 11.3 Å². The summed E-state index contributed by atoms with van der Waals surface area (Å²) in [5.74, 6) is 0.0730. The number of carbonyl (C=O) groups is 2. The molecule has 0 radical (unpaired) electrons. The van der Waals surface area contributed by atoms with Crippen molar-refractivity contribution in [2.24, 2.45) is 11.8 Å². The van der Waals surface area contributed by atoms with Crippen molar-refractivity contribution in [3.8, 4) is 0 Å². The van der Waals surface area contributed by atoms with Crippen LogP contribution in [0.5, 0.6) is 0 Å². The zero-order valence-corrected chi connectivity index (χ0v) is 19.7. The molecule has 9 heteroatoms. The predicted molar refractivity (Wildman–Crippen MR) is 123 cm³/mol. The third-order valence-electron chi connectivity index (χ3n) is 5.56. The molecule has 2 unspecified atom stereocenters. The summed E-state index contributed by atoms with van der Waals surface area (Å²) in [6.45, 7) is 4.35. The van der Waals surface area contributed by atoms with Crippen LogP contribution in [0.15, 0.2) is 0 Å². The molecule has 0 saturated heterocycles. The fraction of sp³-hybridized carbons (Fsp3) is 0.762. The number of urea groups is 1. The number of thiazole rings is 1. The van der Waals surface area contributed by atoms with E-state index in [0.29, 0.717) is 30.7 Å². The van der Waals surface area contributed by atoms with Gasteiger partial charge in [0, 0.05) is 31.1 Å². The second-order valence-electron chi connectivity index (χ2n) is 8.40. The van der Waals surface area contributed by atoms with Gasteiger partial charge in [0.2, 0.25) is 5.91 Å². The maximum atomic E-state index is 13.4. The number of amides is 3. The molecule has 2 atom stereocenters. The molecular formula is C21H38N6O2S. The van der Waals surface area contributed by atoms with Gasteiger partial charge in [0.05, 0.1) is 11.6 Å². The van der Waals surface area contributed by atoms with Crippen LogP contribution in [-0.4, -0.2) is 74.0 Å². The lowest BCUT2D eigenvalue weighted by molar-refractivity contribution is -0.133. The van der Waals surface area contributed by atoms with Crippen molar-refractivity contribution >= 4 is 28.4 Å². The van der Waals surface area contributed by atoms with E-state index in [1.807, 2.05) is 26.0 Å². The summed E-state index contributed by atoms with van der Waals surface area (Å²) < 4.78 is 0. The zero-order valence-electron chi connectivity index (χ0n) is 18.9. The smallest absolute Gasteiger partial charge is 0.324 e. The summed E-state index contributed by atoms with van der Waals surface area (Å²) in [6, 6.07) is -0.283. The molecule has 1 aromatic rings. The van der Waals surface area contributed by atoms with Gasteiger partial charge in [0.25, 0.3) is 0 Å². The van der Waals surface area contributed by atoms with E-state index in [1.54, 1.807) is 11.3 Å². The van der Waals surface area contributed by atoms with Gasteiger partial charge in [-0.1, -0.05) is 13.3 Å². The van der Waals surface area contributed by atoms with Gasteiger partial charge in [-0.25, -0.2) is 9.78 Å².